The molecule has 5 fully saturated rings. The summed E-state index contributed by atoms with van der Waals surface area (Å²) in [5.74, 6) is 1.26. The first kappa shape index (κ1) is 24.3. The van der Waals surface area contributed by atoms with Gasteiger partial charge in [-0.25, -0.2) is 4.79 Å². The maximum atomic E-state index is 13.0. The van der Waals surface area contributed by atoms with Crippen LogP contribution in [0.15, 0.2) is 11.6 Å². The molecule has 34 heavy (non-hydrogen) atoms. The van der Waals surface area contributed by atoms with Crippen molar-refractivity contribution < 1.29 is 23.8 Å². The predicted molar refractivity (Wildman–Crippen MR) is 128 cm³/mol. The molecule has 9 unspecified atom stereocenters. The number of fused-ring (bicyclic) bond motifs is 2. The van der Waals surface area contributed by atoms with Crippen molar-refractivity contribution >= 4 is 11.9 Å². The number of carbonyl (C=O) groups is 2. The molecule has 7 nitrogen and oxygen atoms in total. The van der Waals surface area contributed by atoms with Crippen LogP contribution < -0.4 is 11.1 Å². The van der Waals surface area contributed by atoms with Crippen LogP contribution in [0.25, 0.3) is 0 Å². The summed E-state index contributed by atoms with van der Waals surface area (Å²) in [6, 6.07) is 0. The van der Waals surface area contributed by atoms with Crippen molar-refractivity contribution in [2.45, 2.75) is 115 Å². The minimum atomic E-state index is -0.689. The number of hydrogen-bond donors (Lipinski definition) is 2. The van der Waals surface area contributed by atoms with Gasteiger partial charge in [-0.2, -0.15) is 0 Å². The van der Waals surface area contributed by atoms with Crippen molar-refractivity contribution in [2.75, 3.05) is 6.54 Å². The van der Waals surface area contributed by atoms with Crippen molar-refractivity contribution in [3.8, 4) is 0 Å². The van der Waals surface area contributed by atoms with Gasteiger partial charge < -0.3 is 25.3 Å². The van der Waals surface area contributed by atoms with Gasteiger partial charge in [0.05, 0.1) is 12.3 Å². The van der Waals surface area contributed by atoms with Crippen LogP contribution >= 0.6 is 0 Å². The Morgan fingerprint density at radius 1 is 1.15 bits per heavy atom. The molecule has 5 aliphatic rings. The number of nitrogens with one attached hydrogen (secondary N) is 1. The Morgan fingerprint density at radius 2 is 1.97 bits per heavy atom. The summed E-state index contributed by atoms with van der Waals surface area (Å²) in [6.07, 6.45) is 10.9. The molecule has 3 N–H and O–H groups in total. The van der Waals surface area contributed by atoms with Gasteiger partial charge in [0.15, 0.2) is 0 Å². The monoisotopic (exact) mass is 474 g/mol. The molecule has 0 aromatic heterocycles. The van der Waals surface area contributed by atoms with Gasteiger partial charge in [0.25, 0.3) is 0 Å². The van der Waals surface area contributed by atoms with E-state index in [9.17, 15) is 9.59 Å². The van der Waals surface area contributed by atoms with Crippen molar-refractivity contribution in [3.05, 3.63) is 11.6 Å². The third-order valence-electron chi connectivity index (χ3n) is 9.83. The summed E-state index contributed by atoms with van der Waals surface area (Å²) >= 11 is 0. The summed E-state index contributed by atoms with van der Waals surface area (Å²) in [5, 5.41) is 3.39. The van der Waals surface area contributed by atoms with Crippen molar-refractivity contribution in [3.63, 3.8) is 0 Å². The summed E-state index contributed by atoms with van der Waals surface area (Å²) in [6.45, 7) is 6.72. The number of piperidine rings is 1. The molecule has 2 aliphatic carbocycles. The Hall–Kier alpha value is -1.44. The summed E-state index contributed by atoms with van der Waals surface area (Å²) in [4.78, 5) is 25.0. The lowest BCUT2D eigenvalue weighted by molar-refractivity contribution is -0.243. The molecule has 190 valence electrons. The lowest BCUT2D eigenvalue weighted by Gasteiger charge is -2.55. The molecule has 0 bridgehead atoms. The molecule has 2 saturated carbocycles. The lowest BCUT2D eigenvalue weighted by Crippen LogP contribution is -2.64. The van der Waals surface area contributed by atoms with Crippen LogP contribution in [0.5, 0.6) is 0 Å². The highest BCUT2D eigenvalue weighted by molar-refractivity contribution is 5.88. The van der Waals surface area contributed by atoms with Gasteiger partial charge in [-0.05, 0) is 102 Å². The number of rotatable bonds is 3. The van der Waals surface area contributed by atoms with Gasteiger partial charge >= 0.3 is 11.9 Å². The van der Waals surface area contributed by atoms with Gasteiger partial charge in [0.2, 0.25) is 0 Å². The van der Waals surface area contributed by atoms with Crippen molar-refractivity contribution in [1.82, 2.24) is 5.32 Å². The predicted octanol–water partition coefficient (Wildman–Crippen LogP) is 3.60. The fraction of sp³-hybridized carbons (Fsp3) is 0.852. The zero-order valence-electron chi connectivity index (χ0n) is 21.0. The second kappa shape index (κ2) is 9.21. The van der Waals surface area contributed by atoms with Crippen LogP contribution in [0.3, 0.4) is 0 Å². The van der Waals surface area contributed by atoms with E-state index in [2.05, 4.69) is 12.2 Å². The van der Waals surface area contributed by atoms with E-state index in [0.29, 0.717) is 35.7 Å². The van der Waals surface area contributed by atoms with E-state index in [1.807, 2.05) is 19.9 Å². The Bertz CT molecular complexity index is 845. The van der Waals surface area contributed by atoms with Gasteiger partial charge in [0, 0.05) is 18.4 Å². The van der Waals surface area contributed by atoms with E-state index >= 15 is 0 Å². The first-order valence-electron chi connectivity index (χ1n) is 13.5. The molecule has 0 amide bonds. The second-order valence-corrected chi connectivity index (χ2v) is 11.7. The van der Waals surface area contributed by atoms with Gasteiger partial charge in [-0.15, -0.1) is 0 Å². The highest BCUT2D eigenvalue weighted by Gasteiger charge is 2.66. The van der Waals surface area contributed by atoms with Gasteiger partial charge in [0.1, 0.15) is 17.3 Å². The molecule has 0 radical (unpaired) electrons. The third kappa shape index (κ3) is 4.11. The van der Waals surface area contributed by atoms with Gasteiger partial charge in [-0.1, -0.05) is 6.08 Å². The second-order valence-electron chi connectivity index (χ2n) is 11.7. The fourth-order valence-corrected chi connectivity index (χ4v) is 7.93. The normalized spacial score (nSPS) is 47.0. The first-order valence-corrected chi connectivity index (χ1v) is 13.5. The molecule has 3 aliphatic heterocycles. The topological polar surface area (TPSA) is 99.9 Å². The quantitative estimate of drug-likeness (QED) is 0.476. The third-order valence-corrected chi connectivity index (χ3v) is 9.83. The molecule has 3 heterocycles. The Balaban J connectivity index is 1.48. The lowest BCUT2D eigenvalue weighted by atomic mass is 9.58. The minimum absolute atomic E-state index is 0.00256. The van der Waals surface area contributed by atoms with Crippen molar-refractivity contribution in [2.24, 2.45) is 29.4 Å². The molecular formula is C27H42N2O5. The first-order chi connectivity index (χ1) is 16.2. The molecular weight excluding hydrogens is 432 g/mol. The average molecular weight is 475 g/mol. The van der Waals surface area contributed by atoms with Crippen LogP contribution in [-0.2, 0) is 23.8 Å². The standard InChI is InChI=1S/C27H42N2O5/c1-4-16(2)25(31)34-26(3)10-5-6-20(17-9-11-29-23(28)13-17)27(26)15-19-12-18-7-8-24(30)32-21(18)14-22(19)33-27/h4,17-23,29H,5-15,28H2,1-3H3. The van der Waals surface area contributed by atoms with Crippen LogP contribution in [0.2, 0.25) is 0 Å². The minimum Gasteiger partial charge on any atom is -0.462 e. The zero-order chi connectivity index (χ0) is 24.1. The van der Waals surface area contributed by atoms with E-state index in [4.69, 9.17) is 19.9 Å². The number of hydrogen-bond acceptors (Lipinski definition) is 7. The molecule has 9 atom stereocenters. The molecule has 3 saturated heterocycles. The van der Waals surface area contributed by atoms with Crippen LogP contribution in [0.1, 0.15) is 85.0 Å². The van der Waals surface area contributed by atoms with Gasteiger partial charge in [-0.3, -0.25) is 4.79 Å². The largest absolute Gasteiger partial charge is 0.462 e. The summed E-state index contributed by atoms with van der Waals surface area (Å²) in [5.41, 5.74) is 5.76. The number of esters is 2. The summed E-state index contributed by atoms with van der Waals surface area (Å²) in [7, 11) is 0. The summed E-state index contributed by atoms with van der Waals surface area (Å²) < 4.78 is 19.3. The SMILES string of the molecule is CC=C(C)C(=O)OC1(C)CCCC(C2CCNC(N)C2)C12CC1CC3CCC(=O)OC3CC1O2. The highest BCUT2D eigenvalue weighted by Crippen LogP contribution is 2.60. The zero-order valence-corrected chi connectivity index (χ0v) is 21.0. The van der Waals surface area contributed by atoms with E-state index in [-0.39, 0.29) is 30.3 Å². The number of nitrogens with two attached hydrogens (primary N) is 1. The van der Waals surface area contributed by atoms with Crippen LogP contribution in [-0.4, -0.2) is 48.1 Å². The highest BCUT2D eigenvalue weighted by atomic mass is 16.6. The van der Waals surface area contributed by atoms with E-state index in [1.165, 1.54) is 0 Å². The Kier molecular flexibility index (Phi) is 6.57. The number of allylic oxidation sites excluding steroid dienone is 1. The van der Waals surface area contributed by atoms with E-state index in [0.717, 1.165) is 64.3 Å². The van der Waals surface area contributed by atoms with Crippen molar-refractivity contribution in [1.29, 1.82) is 0 Å². The molecule has 5 rings (SSSR count). The number of carbonyl (C=O) groups excluding carboxylic acids is 2. The average Bonchev–Trinajstić information content (AvgIpc) is 3.18. The maximum absolute atomic E-state index is 13.0. The van der Waals surface area contributed by atoms with Crippen LogP contribution in [0, 0.1) is 23.7 Å². The van der Waals surface area contributed by atoms with E-state index < -0.39 is 11.2 Å². The molecule has 0 aromatic rings. The van der Waals surface area contributed by atoms with Crippen LogP contribution in [0.4, 0.5) is 0 Å². The van der Waals surface area contributed by atoms with E-state index in [1.54, 1.807) is 0 Å². The Morgan fingerprint density at radius 3 is 2.74 bits per heavy atom. The molecule has 1 spiro atoms. The smallest absolute Gasteiger partial charge is 0.334 e. The molecule has 7 heteroatoms. The Labute approximate surface area is 203 Å². The number of ether oxygens (including phenoxy) is 3. The maximum Gasteiger partial charge on any atom is 0.334 e. The fourth-order valence-electron chi connectivity index (χ4n) is 7.93. The molecule has 0 aromatic carbocycles.